The van der Waals surface area contributed by atoms with Crippen LogP contribution in [0, 0.1) is 11.8 Å². The van der Waals surface area contributed by atoms with Gasteiger partial charge in [0.1, 0.15) is 0 Å². The molecule has 0 heterocycles. The number of rotatable bonds is 8. The van der Waals surface area contributed by atoms with Crippen LogP contribution in [0.15, 0.2) is 0 Å². The van der Waals surface area contributed by atoms with Crippen LogP contribution in [-0.4, -0.2) is 31.1 Å². The molecule has 0 aromatic rings. The minimum absolute atomic E-state index is 0.660. The van der Waals surface area contributed by atoms with E-state index in [1.165, 1.54) is 32.5 Å². The molecule has 0 spiro atoms. The van der Waals surface area contributed by atoms with E-state index in [4.69, 9.17) is 5.73 Å². The van der Waals surface area contributed by atoms with Gasteiger partial charge in [0.2, 0.25) is 0 Å². The van der Waals surface area contributed by atoms with E-state index in [1.807, 2.05) is 0 Å². The molecule has 0 bridgehead atoms. The van der Waals surface area contributed by atoms with Gasteiger partial charge in [-0.25, -0.2) is 0 Å². The number of nitrogens with two attached hydrogens (primary N) is 1. The van der Waals surface area contributed by atoms with Crippen molar-refractivity contribution in [1.29, 1.82) is 0 Å². The van der Waals surface area contributed by atoms with E-state index in [0.29, 0.717) is 11.8 Å². The van der Waals surface area contributed by atoms with Crippen molar-refractivity contribution >= 4 is 0 Å². The summed E-state index contributed by atoms with van der Waals surface area (Å²) in [6.07, 6.45) is 2.49. The van der Waals surface area contributed by atoms with Crippen molar-refractivity contribution in [2.75, 3.05) is 26.2 Å². The van der Waals surface area contributed by atoms with Gasteiger partial charge >= 0.3 is 0 Å². The minimum atomic E-state index is 0.660. The minimum Gasteiger partial charge on any atom is -0.330 e. The molecule has 2 nitrogen and oxygen atoms in total. The first-order valence-corrected chi connectivity index (χ1v) is 6.08. The zero-order valence-electron chi connectivity index (χ0n) is 10.4. The van der Waals surface area contributed by atoms with Gasteiger partial charge in [0, 0.05) is 6.54 Å². The van der Waals surface area contributed by atoms with E-state index in [0.717, 1.165) is 6.54 Å². The summed E-state index contributed by atoms with van der Waals surface area (Å²) in [6.45, 7) is 13.5. The lowest BCUT2D eigenvalue weighted by atomic mass is 9.95. The first-order chi connectivity index (χ1) is 6.65. The highest BCUT2D eigenvalue weighted by atomic mass is 15.1. The van der Waals surface area contributed by atoms with Gasteiger partial charge in [0.05, 0.1) is 0 Å². The largest absolute Gasteiger partial charge is 0.330 e. The normalized spacial score (nSPS) is 13.9. The van der Waals surface area contributed by atoms with Crippen molar-refractivity contribution < 1.29 is 0 Å². The predicted octanol–water partition coefficient (Wildman–Crippen LogP) is 2.34. The van der Waals surface area contributed by atoms with Gasteiger partial charge in [-0.1, -0.05) is 27.7 Å². The van der Waals surface area contributed by atoms with Crippen LogP contribution in [0.5, 0.6) is 0 Å². The molecular weight excluding hydrogens is 172 g/mol. The quantitative estimate of drug-likeness (QED) is 0.651. The summed E-state index contributed by atoms with van der Waals surface area (Å²) < 4.78 is 0. The Morgan fingerprint density at radius 3 is 1.86 bits per heavy atom. The molecule has 0 radical (unpaired) electrons. The van der Waals surface area contributed by atoms with Gasteiger partial charge in [-0.05, 0) is 44.3 Å². The second kappa shape index (κ2) is 8.25. The summed E-state index contributed by atoms with van der Waals surface area (Å²) >= 11 is 0. The molecule has 1 atom stereocenters. The third-order valence-corrected chi connectivity index (χ3v) is 2.82. The summed E-state index contributed by atoms with van der Waals surface area (Å²) in [7, 11) is 0. The zero-order chi connectivity index (χ0) is 11.0. The first kappa shape index (κ1) is 13.9. The van der Waals surface area contributed by atoms with Crippen molar-refractivity contribution in [3.63, 3.8) is 0 Å². The highest BCUT2D eigenvalue weighted by Crippen LogP contribution is 2.11. The number of hydrogen-bond donors (Lipinski definition) is 1. The van der Waals surface area contributed by atoms with Crippen molar-refractivity contribution in [3.05, 3.63) is 0 Å². The van der Waals surface area contributed by atoms with Gasteiger partial charge in [-0.2, -0.15) is 0 Å². The van der Waals surface area contributed by atoms with Crippen LogP contribution < -0.4 is 5.73 Å². The van der Waals surface area contributed by atoms with Gasteiger partial charge < -0.3 is 10.6 Å². The molecule has 0 saturated carbocycles. The molecular formula is C12H28N2. The molecule has 14 heavy (non-hydrogen) atoms. The van der Waals surface area contributed by atoms with Crippen LogP contribution in [0.25, 0.3) is 0 Å². The molecule has 0 fully saturated rings. The zero-order valence-corrected chi connectivity index (χ0v) is 10.4. The second-order valence-electron chi connectivity index (χ2n) is 4.54. The summed E-state index contributed by atoms with van der Waals surface area (Å²) in [6, 6.07) is 0. The predicted molar refractivity (Wildman–Crippen MR) is 64.4 cm³/mol. The maximum Gasteiger partial charge on any atom is 0.00242 e. The lowest BCUT2D eigenvalue weighted by molar-refractivity contribution is 0.205. The molecule has 0 aromatic heterocycles. The molecule has 2 N–H and O–H groups in total. The second-order valence-corrected chi connectivity index (χ2v) is 4.54. The fraction of sp³-hybridized carbons (Fsp3) is 1.00. The van der Waals surface area contributed by atoms with E-state index < -0.39 is 0 Å². The topological polar surface area (TPSA) is 29.3 Å². The molecule has 0 aliphatic rings. The molecule has 2 heteroatoms. The standard InChI is InChI=1S/C12H28N2/c1-5-7-14(8-6-2)10-12(9-13)11(3)4/h11-12H,5-10,13H2,1-4H3. The van der Waals surface area contributed by atoms with E-state index >= 15 is 0 Å². The van der Waals surface area contributed by atoms with Gasteiger partial charge in [-0.15, -0.1) is 0 Å². The molecule has 0 aliphatic carbocycles. The molecule has 0 amide bonds. The van der Waals surface area contributed by atoms with Crippen molar-refractivity contribution in [2.45, 2.75) is 40.5 Å². The van der Waals surface area contributed by atoms with E-state index in [1.54, 1.807) is 0 Å². The Morgan fingerprint density at radius 2 is 1.57 bits per heavy atom. The van der Waals surface area contributed by atoms with Crippen LogP contribution in [0.3, 0.4) is 0 Å². The third-order valence-electron chi connectivity index (χ3n) is 2.82. The van der Waals surface area contributed by atoms with Gasteiger partial charge in [-0.3, -0.25) is 0 Å². The van der Waals surface area contributed by atoms with E-state index in [2.05, 4.69) is 32.6 Å². The Morgan fingerprint density at radius 1 is 1.07 bits per heavy atom. The van der Waals surface area contributed by atoms with Crippen molar-refractivity contribution in [1.82, 2.24) is 4.90 Å². The molecule has 1 unspecified atom stereocenters. The summed E-state index contributed by atoms with van der Waals surface area (Å²) in [5.74, 6) is 1.37. The fourth-order valence-electron chi connectivity index (χ4n) is 1.82. The van der Waals surface area contributed by atoms with Crippen LogP contribution >= 0.6 is 0 Å². The molecule has 0 saturated heterocycles. The number of nitrogens with zero attached hydrogens (tertiary/aromatic N) is 1. The van der Waals surface area contributed by atoms with Crippen LogP contribution in [0.1, 0.15) is 40.5 Å². The smallest absolute Gasteiger partial charge is 0.00242 e. The Kier molecular flexibility index (Phi) is 8.20. The molecule has 0 aromatic carbocycles. The number of hydrogen-bond acceptors (Lipinski definition) is 2. The average Bonchev–Trinajstić information content (AvgIpc) is 2.14. The summed E-state index contributed by atoms with van der Waals surface area (Å²) in [5.41, 5.74) is 5.79. The van der Waals surface area contributed by atoms with Crippen molar-refractivity contribution in [2.24, 2.45) is 17.6 Å². The first-order valence-electron chi connectivity index (χ1n) is 6.08. The van der Waals surface area contributed by atoms with Gasteiger partial charge in [0.25, 0.3) is 0 Å². The average molecular weight is 200 g/mol. The third kappa shape index (κ3) is 5.61. The Bertz CT molecular complexity index is 117. The van der Waals surface area contributed by atoms with Crippen LogP contribution in [0.2, 0.25) is 0 Å². The summed E-state index contributed by atoms with van der Waals surface area (Å²) in [4.78, 5) is 2.55. The maximum atomic E-state index is 5.79. The van der Waals surface area contributed by atoms with Crippen molar-refractivity contribution in [3.8, 4) is 0 Å². The highest BCUT2D eigenvalue weighted by Gasteiger charge is 2.14. The lowest BCUT2D eigenvalue weighted by Gasteiger charge is -2.28. The van der Waals surface area contributed by atoms with Crippen LogP contribution in [-0.2, 0) is 0 Å². The Hall–Kier alpha value is -0.0800. The summed E-state index contributed by atoms with van der Waals surface area (Å²) in [5, 5.41) is 0. The monoisotopic (exact) mass is 200 g/mol. The Balaban J connectivity index is 3.96. The molecule has 0 rings (SSSR count). The van der Waals surface area contributed by atoms with E-state index in [-0.39, 0.29) is 0 Å². The SMILES string of the molecule is CCCN(CCC)CC(CN)C(C)C. The highest BCUT2D eigenvalue weighted by molar-refractivity contribution is 4.69. The molecule has 0 aliphatic heterocycles. The van der Waals surface area contributed by atoms with Gasteiger partial charge in [0.15, 0.2) is 0 Å². The fourth-order valence-corrected chi connectivity index (χ4v) is 1.82. The maximum absolute atomic E-state index is 5.79. The lowest BCUT2D eigenvalue weighted by Crippen LogP contribution is -2.36. The Labute approximate surface area is 89.9 Å². The molecule has 86 valence electrons. The van der Waals surface area contributed by atoms with Crippen LogP contribution in [0.4, 0.5) is 0 Å². The van der Waals surface area contributed by atoms with E-state index in [9.17, 15) is 0 Å².